The first-order valence-electron chi connectivity index (χ1n) is 11.9. The molecule has 6 nitrogen and oxygen atoms in total. The van der Waals surface area contributed by atoms with Gasteiger partial charge in [-0.05, 0) is 99.7 Å². The van der Waals surface area contributed by atoms with Crippen LogP contribution in [0.5, 0.6) is 0 Å². The highest BCUT2D eigenvalue weighted by atomic mass is 127. The molecule has 0 fully saturated rings. The molecular formula is C25H34FI2N3O3S. The Morgan fingerprint density at radius 3 is 2.57 bits per heavy atom. The van der Waals surface area contributed by atoms with Gasteiger partial charge in [0.15, 0.2) is 0 Å². The molecule has 1 aliphatic rings. The van der Waals surface area contributed by atoms with Crippen LogP contribution < -0.4 is 15.4 Å². The zero-order valence-electron chi connectivity index (χ0n) is 20.0. The molecule has 3 rings (SSSR count). The summed E-state index contributed by atoms with van der Waals surface area (Å²) in [7, 11) is -3.44. The zero-order chi connectivity index (χ0) is 25.6. The first kappa shape index (κ1) is 29.0. The summed E-state index contributed by atoms with van der Waals surface area (Å²) in [4.78, 5) is 0. The van der Waals surface area contributed by atoms with Gasteiger partial charge >= 0.3 is 0 Å². The SMILES string of the molecule is CCNCCS(=O)(=O)NC[C@H](O)CC[C@@H]1[C@H](C)c2cc(C(F)(I)I)ccc2N[C@H]1c1ccccc1. The molecule has 4 N–H and O–H groups in total. The predicted molar refractivity (Wildman–Crippen MR) is 158 cm³/mol. The van der Waals surface area contributed by atoms with Crippen molar-refractivity contribution in [1.29, 1.82) is 0 Å². The minimum absolute atomic E-state index is 0.00618. The van der Waals surface area contributed by atoms with E-state index in [1.165, 1.54) is 0 Å². The van der Waals surface area contributed by atoms with Crippen LogP contribution in [0, 0.1) is 5.92 Å². The van der Waals surface area contributed by atoms with Crippen molar-refractivity contribution in [2.75, 3.05) is 30.7 Å². The molecule has 35 heavy (non-hydrogen) atoms. The van der Waals surface area contributed by atoms with Crippen molar-refractivity contribution in [2.24, 2.45) is 5.92 Å². The highest BCUT2D eigenvalue weighted by Gasteiger charge is 2.36. The molecule has 0 saturated carbocycles. The normalized spacial score (nSPS) is 21.3. The molecule has 1 aliphatic heterocycles. The van der Waals surface area contributed by atoms with E-state index < -0.39 is 17.8 Å². The number of benzene rings is 2. The van der Waals surface area contributed by atoms with E-state index in [-0.39, 0.29) is 30.2 Å². The number of sulfonamides is 1. The van der Waals surface area contributed by atoms with E-state index in [9.17, 15) is 17.9 Å². The second kappa shape index (κ2) is 12.8. The summed E-state index contributed by atoms with van der Waals surface area (Å²) >= 11 is 3.60. The Kier molecular flexibility index (Phi) is 10.6. The van der Waals surface area contributed by atoms with Gasteiger partial charge in [0.1, 0.15) is 0 Å². The molecule has 0 saturated heterocycles. The largest absolute Gasteiger partial charge is 0.392 e. The van der Waals surface area contributed by atoms with Gasteiger partial charge in [-0.1, -0.05) is 50.2 Å². The summed E-state index contributed by atoms with van der Waals surface area (Å²) in [6.07, 6.45) is 0.353. The van der Waals surface area contributed by atoms with Crippen LogP contribution in [0.3, 0.4) is 0 Å². The molecule has 0 bridgehead atoms. The van der Waals surface area contributed by atoms with E-state index in [4.69, 9.17) is 0 Å². The molecule has 1 heterocycles. The summed E-state index contributed by atoms with van der Waals surface area (Å²) in [5, 5.41) is 17.2. The fourth-order valence-corrected chi connectivity index (χ4v) is 6.29. The van der Waals surface area contributed by atoms with Crippen molar-refractivity contribution < 1.29 is 17.9 Å². The van der Waals surface area contributed by atoms with Gasteiger partial charge in [-0.15, -0.1) is 0 Å². The van der Waals surface area contributed by atoms with Gasteiger partial charge in [-0.25, -0.2) is 17.5 Å². The quantitative estimate of drug-likeness (QED) is 0.137. The molecule has 0 spiro atoms. The number of nitrogens with one attached hydrogen (secondary N) is 3. The lowest BCUT2D eigenvalue weighted by atomic mass is 9.73. The Hall–Kier alpha value is -0.540. The molecule has 4 atom stereocenters. The minimum Gasteiger partial charge on any atom is -0.392 e. The number of anilines is 1. The molecule has 10 heteroatoms. The maximum absolute atomic E-state index is 14.6. The smallest absolute Gasteiger partial charge is 0.235 e. The molecule has 0 unspecified atom stereocenters. The van der Waals surface area contributed by atoms with E-state index in [0.29, 0.717) is 31.5 Å². The van der Waals surface area contributed by atoms with Crippen molar-refractivity contribution in [2.45, 2.75) is 46.4 Å². The number of rotatable bonds is 12. The van der Waals surface area contributed by atoms with E-state index in [0.717, 1.165) is 16.8 Å². The Bertz CT molecular complexity index is 1070. The molecule has 0 aromatic heterocycles. The van der Waals surface area contributed by atoms with E-state index in [1.807, 2.05) is 43.3 Å². The lowest BCUT2D eigenvalue weighted by molar-refractivity contribution is 0.152. The second-order valence-corrected chi connectivity index (χ2v) is 16.0. The van der Waals surface area contributed by atoms with E-state index >= 15 is 0 Å². The van der Waals surface area contributed by atoms with Gasteiger partial charge < -0.3 is 15.7 Å². The highest BCUT2D eigenvalue weighted by Crippen LogP contribution is 2.49. The summed E-state index contributed by atoms with van der Waals surface area (Å²) in [5.74, 6) is 0.240. The third-order valence-corrected chi connectivity index (χ3v) is 9.17. The van der Waals surface area contributed by atoms with Crippen LogP contribution in [-0.2, 0) is 11.7 Å². The van der Waals surface area contributed by atoms with Gasteiger partial charge in [-0.3, -0.25) is 0 Å². The van der Waals surface area contributed by atoms with Crippen LogP contribution in [0.15, 0.2) is 48.5 Å². The Balaban J connectivity index is 1.74. The summed E-state index contributed by atoms with van der Waals surface area (Å²) in [6, 6.07) is 15.9. The Labute approximate surface area is 235 Å². The van der Waals surface area contributed by atoms with Crippen molar-refractivity contribution in [3.8, 4) is 0 Å². The number of fused-ring (bicyclic) bond motifs is 1. The first-order valence-corrected chi connectivity index (χ1v) is 15.7. The molecular weight excluding hydrogens is 695 g/mol. The van der Waals surface area contributed by atoms with Crippen LogP contribution in [0.2, 0.25) is 0 Å². The standard InChI is InChI=1S/C25H34FI2N3O3S/c1-3-29-13-14-35(33,34)30-16-20(32)10-11-21-17(2)22-15-19(25(26,27)28)9-12-23(22)31-24(21)18-7-5-4-6-8-18/h4-9,12,15,17,20-21,24,29-32H,3,10-11,13-14,16H2,1-2H3/t17-,20+,21+,24-/m0/s1. The van der Waals surface area contributed by atoms with Crippen molar-refractivity contribution in [1.82, 2.24) is 10.0 Å². The number of aliphatic hydroxyl groups excluding tert-OH is 1. The number of alkyl halides is 3. The summed E-state index contributed by atoms with van der Waals surface area (Å²) < 4.78 is 40.0. The van der Waals surface area contributed by atoms with Crippen molar-refractivity contribution >= 4 is 60.9 Å². The van der Waals surface area contributed by atoms with Gasteiger partial charge in [0, 0.05) is 24.3 Å². The third-order valence-electron chi connectivity index (χ3n) is 6.58. The average molecular weight is 729 g/mol. The first-order chi connectivity index (χ1) is 16.5. The fourth-order valence-electron chi connectivity index (χ4n) is 4.61. The van der Waals surface area contributed by atoms with E-state index in [1.54, 1.807) is 45.2 Å². The van der Waals surface area contributed by atoms with Crippen LogP contribution in [0.4, 0.5) is 10.1 Å². The number of hydrogen-bond acceptors (Lipinski definition) is 5. The predicted octanol–water partition coefficient (Wildman–Crippen LogP) is 5.19. The monoisotopic (exact) mass is 729 g/mol. The Morgan fingerprint density at radius 1 is 1.20 bits per heavy atom. The maximum Gasteiger partial charge on any atom is 0.235 e. The summed E-state index contributed by atoms with van der Waals surface area (Å²) in [6.45, 7) is 5.15. The van der Waals surface area contributed by atoms with Gasteiger partial charge in [0.2, 0.25) is 11.7 Å². The van der Waals surface area contributed by atoms with Gasteiger partial charge in [0.05, 0.1) is 17.9 Å². The van der Waals surface area contributed by atoms with Crippen molar-refractivity contribution in [3.05, 3.63) is 65.2 Å². The molecule has 2 aromatic carbocycles. The van der Waals surface area contributed by atoms with Crippen LogP contribution in [-0.4, -0.2) is 45.0 Å². The number of hydrogen-bond donors (Lipinski definition) is 4. The van der Waals surface area contributed by atoms with Crippen LogP contribution in [0.1, 0.15) is 55.3 Å². The fraction of sp³-hybridized carbons (Fsp3) is 0.520. The van der Waals surface area contributed by atoms with Gasteiger partial charge in [0.25, 0.3) is 0 Å². The molecule has 0 aliphatic carbocycles. The number of aliphatic hydroxyl groups is 1. The van der Waals surface area contributed by atoms with Crippen LogP contribution in [0.25, 0.3) is 0 Å². The lowest BCUT2D eigenvalue weighted by Gasteiger charge is -2.40. The number of halogens is 3. The lowest BCUT2D eigenvalue weighted by Crippen LogP contribution is -2.37. The molecule has 0 amide bonds. The highest BCUT2D eigenvalue weighted by molar-refractivity contribution is 14.2. The zero-order valence-corrected chi connectivity index (χ0v) is 25.1. The average Bonchev–Trinajstić information content (AvgIpc) is 2.82. The summed E-state index contributed by atoms with van der Waals surface area (Å²) in [5.41, 5.74) is 3.83. The van der Waals surface area contributed by atoms with Crippen molar-refractivity contribution in [3.63, 3.8) is 0 Å². The van der Waals surface area contributed by atoms with Gasteiger partial charge in [-0.2, -0.15) is 0 Å². The second-order valence-electron chi connectivity index (χ2n) is 9.04. The maximum atomic E-state index is 14.6. The molecule has 194 valence electrons. The third kappa shape index (κ3) is 8.22. The Morgan fingerprint density at radius 2 is 1.91 bits per heavy atom. The van der Waals surface area contributed by atoms with Crippen LogP contribution >= 0.6 is 45.2 Å². The van der Waals surface area contributed by atoms with E-state index in [2.05, 4.69) is 34.4 Å². The molecule has 0 radical (unpaired) electrons. The topological polar surface area (TPSA) is 90.5 Å². The minimum atomic E-state index is -3.44. The molecule has 2 aromatic rings.